The monoisotopic (exact) mass is 450 g/mol. The van der Waals surface area contributed by atoms with Gasteiger partial charge in [0.25, 0.3) is 0 Å². The second kappa shape index (κ2) is 7.89. The van der Waals surface area contributed by atoms with Gasteiger partial charge in [-0.2, -0.15) is 5.10 Å². The van der Waals surface area contributed by atoms with E-state index in [1.54, 1.807) is 30.3 Å². The molecule has 2 aromatic carbocycles. The molecule has 3 rings (SSSR count). The molecule has 0 saturated carbocycles. The fourth-order valence-electron chi connectivity index (χ4n) is 2.65. The van der Waals surface area contributed by atoms with E-state index in [2.05, 4.69) is 21.0 Å². The van der Waals surface area contributed by atoms with Crippen molar-refractivity contribution in [1.82, 2.24) is 9.78 Å². The summed E-state index contributed by atoms with van der Waals surface area (Å²) in [5, 5.41) is 4.25. The van der Waals surface area contributed by atoms with E-state index in [-0.39, 0.29) is 22.5 Å². The Morgan fingerprint density at radius 1 is 1.00 bits per heavy atom. The highest BCUT2D eigenvalue weighted by Gasteiger charge is 2.32. The smallest absolute Gasteiger partial charge is 0.357 e. The molecule has 0 unspecified atom stereocenters. The second-order valence-electron chi connectivity index (χ2n) is 5.53. The number of hydrogen-bond acceptors (Lipinski definition) is 5. The van der Waals surface area contributed by atoms with Crippen molar-refractivity contribution in [2.75, 3.05) is 14.2 Å². The Morgan fingerprint density at radius 3 is 2.25 bits per heavy atom. The molecular formula is C19H13BrF2N2O4. The van der Waals surface area contributed by atoms with E-state index in [0.717, 1.165) is 31.0 Å². The Morgan fingerprint density at radius 2 is 1.64 bits per heavy atom. The Balaban J connectivity index is 2.41. The Labute approximate surface area is 166 Å². The number of para-hydroxylation sites is 1. The van der Waals surface area contributed by atoms with Crippen LogP contribution >= 0.6 is 15.9 Å². The normalized spacial score (nSPS) is 10.6. The summed E-state index contributed by atoms with van der Waals surface area (Å²) in [4.78, 5) is 24.9. The van der Waals surface area contributed by atoms with E-state index >= 15 is 0 Å². The predicted octanol–water partition coefficient (Wildman–Crippen LogP) is 4.15. The molecule has 6 nitrogen and oxygen atoms in total. The number of methoxy groups -OCH3 is 2. The van der Waals surface area contributed by atoms with Gasteiger partial charge in [0.15, 0.2) is 5.69 Å². The van der Waals surface area contributed by atoms with Gasteiger partial charge in [0.05, 0.1) is 24.4 Å². The third kappa shape index (κ3) is 3.29. The van der Waals surface area contributed by atoms with Crippen LogP contribution in [-0.2, 0) is 9.47 Å². The first-order valence-corrected chi connectivity index (χ1v) is 8.69. The number of hydrogen-bond donors (Lipinski definition) is 0. The largest absolute Gasteiger partial charge is 0.465 e. The Kier molecular flexibility index (Phi) is 5.55. The van der Waals surface area contributed by atoms with E-state index in [0.29, 0.717) is 5.69 Å². The van der Waals surface area contributed by atoms with Gasteiger partial charge in [0.1, 0.15) is 22.9 Å². The van der Waals surface area contributed by atoms with Crippen molar-refractivity contribution < 1.29 is 27.8 Å². The average Bonchev–Trinajstić information content (AvgIpc) is 3.12. The maximum atomic E-state index is 14.7. The third-order valence-corrected chi connectivity index (χ3v) is 4.67. The summed E-state index contributed by atoms with van der Waals surface area (Å²) in [6.45, 7) is 0. The minimum atomic E-state index is -0.973. The molecular weight excluding hydrogens is 438 g/mol. The number of carbonyl (C=O) groups excluding carboxylic acids is 2. The van der Waals surface area contributed by atoms with Crippen LogP contribution in [0, 0.1) is 11.6 Å². The van der Waals surface area contributed by atoms with Crippen LogP contribution in [0.4, 0.5) is 8.78 Å². The molecule has 0 amide bonds. The van der Waals surface area contributed by atoms with Crippen molar-refractivity contribution in [1.29, 1.82) is 0 Å². The lowest BCUT2D eigenvalue weighted by molar-refractivity contribution is 0.0549. The van der Waals surface area contributed by atoms with E-state index in [1.165, 1.54) is 0 Å². The molecule has 1 heterocycles. The molecule has 0 atom stereocenters. The van der Waals surface area contributed by atoms with Crippen molar-refractivity contribution in [3.8, 4) is 16.9 Å². The number of carbonyl (C=O) groups is 2. The van der Waals surface area contributed by atoms with Gasteiger partial charge in [-0.15, -0.1) is 0 Å². The minimum Gasteiger partial charge on any atom is -0.465 e. The molecule has 144 valence electrons. The summed E-state index contributed by atoms with van der Waals surface area (Å²) in [6, 6.07) is 10.6. The van der Waals surface area contributed by atoms with Crippen LogP contribution in [0.25, 0.3) is 16.9 Å². The van der Waals surface area contributed by atoms with Gasteiger partial charge in [-0.3, -0.25) is 0 Å². The zero-order valence-electron chi connectivity index (χ0n) is 14.7. The molecule has 28 heavy (non-hydrogen) atoms. The van der Waals surface area contributed by atoms with E-state index < -0.39 is 28.0 Å². The maximum Gasteiger partial charge on any atom is 0.357 e. The number of benzene rings is 2. The first-order chi connectivity index (χ1) is 13.4. The lowest BCUT2D eigenvalue weighted by atomic mass is 10.0. The van der Waals surface area contributed by atoms with Crippen molar-refractivity contribution in [2.24, 2.45) is 0 Å². The van der Waals surface area contributed by atoms with Crippen LogP contribution in [0.5, 0.6) is 0 Å². The Bertz CT molecular complexity index is 1070. The number of ether oxygens (including phenoxy) is 2. The third-order valence-electron chi connectivity index (χ3n) is 3.94. The predicted molar refractivity (Wildman–Crippen MR) is 99.3 cm³/mol. The van der Waals surface area contributed by atoms with Crippen molar-refractivity contribution in [2.45, 2.75) is 0 Å². The van der Waals surface area contributed by atoms with Crippen LogP contribution in [0.1, 0.15) is 20.8 Å². The lowest BCUT2D eigenvalue weighted by Crippen LogP contribution is -2.15. The van der Waals surface area contributed by atoms with Crippen molar-refractivity contribution in [3.63, 3.8) is 0 Å². The van der Waals surface area contributed by atoms with Gasteiger partial charge in [-0.05, 0) is 40.2 Å². The summed E-state index contributed by atoms with van der Waals surface area (Å²) in [5.41, 5.74) is -0.477. The van der Waals surface area contributed by atoms with Gasteiger partial charge in [0, 0.05) is 5.56 Å². The molecule has 0 N–H and O–H groups in total. The number of rotatable bonds is 4. The van der Waals surface area contributed by atoms with E-state index in [9.17, 15) is 18.4 Å². The molecule has 0 aliphatic heterocycles. The zero-order chi connectivity index (χ0) is 20.4. The standard InChI is InChI=1S/C19H13BrF2N2O4/c1-27-18(25)13-16(11-8-9-12(21)14(20)15(11)22)23-24(17(13)19(26)28-2)10-6-4-3-5-7-10/h3-9H,1-2H3. The summed E-state index contributed by atoms with van der Waals surface area (Å²) in [5.74, 6) is -3.59. The van der Waals surface area contributed by atoms with E-state index in [1.807, 2.05) is 0 Å². The maximum absolute atomic E-state index is 14.7. The average molecular weight is 451 g/mol. The highest BCUT2D eigenvalue weighted by atomic mass is 79.9. The first-order valence-electron chi connectivity index (χ1n) is 7.89. The molecule has 0 fully saturated rings. The first kappa shape index (κ1) is 19.7. The number of aromatic nitrogens is 2. The molecule has 0 radical (unpaired) electrons. The van der Waals surface area contributed by atoms with Crippen LogP contribution in [-0.4, -0.2) is 35.9 Å². The van der Waals surface area contributed by atoms with Crippen molar-refractivity contribution >= 4 is 27.9 Å². The summed E-state index contributed by atoms with van der Waals surface area (Å²) < 4.78 is 38.7. The van der Waals surface area contributed by atoms with Gasteiger partial charge in [0.2, 0.25) is 0 Å². The zero-order valence-corrected chi connectivity index (χ0v) is 16.3. The lowest BCUT2D eigenvalue weighted by Gasteiger charge is -2.07. The van der Waals surface area contributed by atoms with Gasteiger partial charge in [-0.1, -0.05) is 18.2 Å². The number of nitrogens with zero attached hydrogens (tertiary/aromatic N) is 2. The van der Waals surface area contributed by atoms with Gasteiger partial charge in [-0.25, -0.2) is 23.1 Å². The molecule has 0 bridgehead atoms. The van der Waals surface area contributed by atoms with Crippen LogP contribution < -0.4 is 0 Å². The highest BCUT2D eigenvalue weighted by Crippen LogP contribution is 2.34. The SMILES string of the molecule is COC(=O)c1c(-c2ccc(F)c(Br)c2F)nn(-c2ccccc2)c1C(=O)OC. The summed E-state index contributed by atoms with van der Waals surface area (Å²) in [7, 11) is 2.25. The number of esters is 2. The molecule has 3 aromatic rings. The molecule has 0 aliphatic carbocycles. The van der Waals surface area contributed by atoms with Gasteiger partial charge >= 0.3 is 11.9 Å². The fourth-order valence-corrected chi connectivity index (χ4v) is 3.00. The summed E-state index contributed by atoms with van der Waals surface area (Å²) in [6.07, 6.45) is 0. The van der Waals surface area contributed by atoms with Crippen LogP contribution in [0.3, 0.4) is 0 Å². The van der Waals surface area contributed by atoms with Gasteiger partial charge < -0.3 is 9.47 Å². The molecule has 1 aromatic heterocycles. The topological polar surface area (TPSA) is 70.4 Å². The summed E-state index contributed by atoms with van der Waals surface area (Å²) >= 11 is 2.83. The molecule has 0 spiro atoms. The van der Waals surface area contributed by atoms with Crippen LogP contribution in [0.2, 0.25) is 0 Å². The fraction of sp³-hybridized carbons (Fsp3) is 0.105. The highest BCUT2D eigenvalue weighted by molar-refractivity contribution is 9.10. The molecule has 0 saturated heterocycles. The van der Waals surface area contributed by atoms with Crippen LogP contribution in [0.15, 0.2) is 46.9 Å². The Hall–Kier alpha value is -3.07. The second-order valence-corrected chi connectivity index (χ2v) is 6.32. The van der Waals surface area contributed by atoms with Crippen molar-refractivity contribution in [3.05, 3.63) is 69.8 Å². The molecule has 0 aliphatic rings. The molecule has 9 heteroatoms. The van der Waals surface area contributed by atoms with E-state index in [4.69, 9.17) is 9.47 Å². The quantitative estimate of drug-likeness (QED) is 0.441. The number of halogens is 3. The minimum absolute atomic E-state index is 0.186.